The van der Waals surface area contributed by atoms with Gasteiger partial charge in [-0.1, -0.05) is 0 Å². The first-order chi connectivity index (χ1) is 8.66. The maximum atomic E-state index is 11.8. The second-order valence-corrected chi connectivity index (χ2v) is 4.27. The SMILES string of the molecule is O=C(O)CN(C(=O)NCCc1ncc[nH]1)C1CC1. The highest BCUT2D eigenvalue weighted by molar-refractivity contribution is 5.80. The van der Waals surface area contributed by atoms with E-state index in [1.165, 1.54) is 4.90 Å². The largest absolute Gasteiger partial charge is 0.480 e. The van der Waals surface area contributed by atoms with Gasteiger partial charge in [0.1, 0.15) is 12.4 Å². The summed E-state index contributed by atoms with van der Waals surface area (Å²) in [6, 6.07) is -0.226. The fourth-order valence-corrected chi connectivity index (χ4v) is 1.72. The molecule has 1 saturated carbocycles. The lowest BCUT2D eigenvalue weighted by Gasteiger charge is -2.20. The number of hydrogen-bond donors (Lipinski definition) is 3. The number of nitrogens with one attached hydrogen (secondary N) is 2. The van der Waals surface area contributed by atoms with Crippen LogP contribution in [-0.4, -0.2) is 51.1 Å². The molecule has 2 rings (SSSR count). The lowest BCUT2D eigenvalue weighted by molar-refractivity contribution is -0.137. The zero-order chi connectivity index (χ0) is 13.0. The van der Waals surface area contributed by atoms with Gasteiger partial charge in [-0.3, -0.25) is 4.79 Å². The number of urea groups is 1. The number of carboxylic acid groups (broad SMARTS) is 1. The van der Waals surface area contributed by atoms with E-state index < -0.39 is 5.97 Å². The molecule has 18 heavy (non-hydrogen) atoms. The van der Waals surface area contributed by atoms with Crippen molar-refractivity contribution in [1.82, 2.24) is 20.2 Å². The number of aromatic nitrogens is 2. The summed E-state index contributed by atoms with van der Waals surface area (Å²) >= 11 is 0. The van der Waals surface area contributed by atoms with Gasteiger partial charge >= 0.3 is 12.0 Å². The molecule has 0 spiro atoms. The van der Waals surface area contributed by atoms with Crippen LogP contribution in [0.15, 0.2) is 12.4 Å². The predicted molar refractivity (Wildman–Crippen MR) is 63.1 cm³/mol. The summed E-state index contributed by atoms with van der Waals surface area (Å²) in [5, 5.41) is 11.5. The number of aliphatic carboxylic acids is 1. The topological polar surface area (TPSA) is 98.3 Å². The van der Waals surface area contributed by atoms with Gasteiger partial charge in [0.15, 0.2) is 0 Å². The number of H-pyrrole nitrogens is 1. The summed E-state index contributed by atoms with van der Waals surface area (Å²) in [4.78, 5) is 30.8. The van der Waals surface area contributed by atoms with E-state index in [1.807, 2.05) is 0 Å². The van der Waals surface area contributed by atoms with E-state index in [0.29, 0.717) is 13.0 Å². The van der Waals surface area contributed by atoms with Crippen LogP contribution in [0.1, 0.15) is 18.7 Å². The van der Waals surface area contributed by atoms with Gasteiger partial charge in [-0.15, -0.1) is 0 Å². The Morgan fingerprint density at radius 1 is 1.56 bits per heavy atom. The van der Waals surface area contributed by atoms with E-state index in [9.17, 15) is 9.59 Å². The van der Waals surface area contributed by atoms with Gasteiger partial charge in [0.25, 0.3) is 0 Å². The number of aromatic amines is 1. The Labute approximate surface area is 104 Å². The van der Waals surface area contributed by atoms with Crippen LogP contribution in [0.3, 0.4) is 0 Å². The number of carbonyl (C=O) groups is 2. The Morgan fingerprint density at radius 3 is 2.89 bits per heavy atom. The first-order valence-corrected chi connectivity index (χ1v) is 5.91. The molecule has 98 valence electrons. The van der Waals surface area contributed by atoms with Crippen LogP contribution < -0.4 is 5.32 Å². The summed E-state index contributed by atoms with van der Waals surface area (Å²) in [5.74, 6) is -0.186. The van der Waals surface area contributed by atoms with Crippen molar-refractivity contribution in [2.45, 2.75) is 25.3 Å². The summed E-state index contributed by atoms with van der Waals surface area (Å²) in [6.07, 6.45) is 5.75. The van der Waals surface area contributed by atoms with Crippen LogP contribution in [0.25, 0.3) is 0 Å². The van der Waals surface area contributed by atoms with E-state index >= 15 is 0 Å². The maximum absolute atomic E-state index is 11.8. The van der Waals surface area contributed by atoms with Crippen molar-refractivity contribution in [1.29, 1.82) is 0 Å². The summed E-state index contributed by atoms with van der Waals surface area (Å²) in [7, 11) is 0. The van der Waals surface area contributed by atoms with Gasteiger partial charge < -0.3 is 20.3 Å². The molecule has 0 aliphatic heterocycles. The normalized spacial score (nSPS) is 14.2. The molecule has 1 aromatic rings. The fraction of sp³-hybridized carbons (Fsp3) is 0.545. The van der Waals surface area contributed by atoms with E-state index in [0.717, 1.165) is 18.7 Å². The van der Waals surface area contributed by atoms with Crippen molar-refractivity contribution in [2.24, 2.45) is 0 Å². The molecule has 1 aliphatic carbocycles. The molecule has 7 heteroatoms. The van der Waals surface area contributed by atoms with Crippen molar-refractivity contribution in [2.75, 3.05) is 13.1 Å². The average Bonchev–Trinajstić information content (AvgIpc) is 3.03. The number of carboxylic acids is 1. The Morgan fingerprint density at radius 2 is 2.33 bits per heavy atom. The van der Waals surface area contributed by atoms with Crippen molar-refractivity contribution in [3.8, 4) is 0 Å². The monoisotopic (exact) mass is 252 g/mol. The first-order valence-electron chi connectivity index (χ1n) is 5.91. The molecule has 0 aromatic carbocycles. The number of hydrogen-bond acceptors (Lipinski definition) is 3. The van der Waals surface area contributed by atoms with E-state index in [2.05, 4.69) is 15.3 Å². The summed E-state index contributed by atoms with van der Waals surface area (Å²) < 4.78 is 0. The van der Waals surface area contributed by atoms with Crippen LogP contribution in [0.2, 0.25) is 0 Å². The molecule has 7 nitrogen and oxygen atoms in total. The zero-order valence-corrected chi connectivity index (χ0v) is 9.93. The molecule has 0 radical (unpaired) electrons. The minimum absolute atomic E-state index is 0.0877. The molecule has 0 saturated heterocycles. The van der Waals surface area contributed by atoms with Gasteiger partial charge in [-0.2, -0.15) is 0 Å². The third kappa shape index (κ3) is 3.47. The molecule has 0 bridgehead atoms. The number of amides is 2. The Kier molecular flexibility index (Phi) is 3.81. The number of carbonyl (C=O) groups excluding carboxylic acids is 1. The Hall–Kier alpha value is -2.05. The third-order valence-corrected chi connectivity index (χ3v) is 2.75. The Bertz CT molecular complexity index is 414. The second-order valence-electron chi connectivity index (χ2n) is 4.27. The summed E-state index contributed by atoms with van der Waals surface area (Å²) in [6.45, 7) is 0.201. The quantitative estimate of drug-likeness (QED) is 0.674. The molecule has 2 amide bonds. The lowest BCUT2D eigenvalue weighted by Crippen LogP contribution is -2.44. The van der Waals surface area contributed by atoms with Crippen LogP contribution in [0, 0.1) is 0 Å². The van der Waals surface area contributed by atoms with E-state index in [-0.39, 0.29) is 18.6 Å². The molecular weight excluding hydrogens is 236 g/mol. The van der Waals surface area contributed by atoms with E-state index in [4.69, 9.17) is 5.11 Å². The number of rotatable bonds is 6. The first kappa shape index (κ1) is 12.4. The van der Waals surface area contributed by atoms with Gasteiger partial charge in [0, 0.05) is 31.4 Å². The molecule has 1 heterocycles. The van der Waals surface area contributed by atoms with Crippen LogP contribution in [-0.2, 0) is 11.2 Å². The van der Waals surface area contributed by atoms with Crippen LogP contribution >= 0.6 is 0 Å². The highest BCUT2D eigenvalue weighted by Crippen LogP contribution is 2.26. The predicted octanol–water partition coefficient (Wildman–Crippen LogP) is 0.211. The zero-order valence-electron chi connectivity index (χ0n) is 9.93. The van der Waals surface area contributed by atoms with Gasteiger partial charge in [-0.05, 0) is 12.8 Å². The minimum Gasteiger partial charge on any atom is -0.480 e. The second kappa shape index (κ2) is 5.52. The lowest BCUT2D eigenvalue weighted by atomic mass is 10.4. The van der Waals surface area contributed by atoms with Crippen molar-refractivity contribution in [3.63, 3.8) is 0 Å². The van der Waals surface area contributed by atoms with Crippen molar-refractivity contribution >= 4 is 12.0 Å². The van der Waals surface area contributed by atoms with Crippen molar-refractivity contribution < 1.29 is 14.7 Å². The van der Waals surface area contributed by atoms with Crippen molar-refractivity contribution in [3.05, 3.63) is 18.2 Å². The van der Waals surface area contributed by atoms with E-state index in [1.54, 1.807) is 12.4 Å². The molecule has 1 fully saturated rings. The number of imidazole rings is 1. The fourth-order valence-electron chi connectivity index (χ4n) is 1.72. The van der Waals surface area contributed by atoms with Gasteiger partial charge in [-0.25, -0.2) is 9.78 Å². The third-order valence-electron chi connectivity index (χ3n) is 2.75. The standard InChI is InChI=1S/C11H16N4O3/c16-10(17)7-15(8-1-2-8)11(18)14-4-3-9-12-5-6-13-9/h5-6,8H,1-4,7H2,(H,12,13)(H,14,18)(H,16,17). The Balaban J connectivity index is 1.76. The molecule has 3 N–H and O–H groups in total. The van der Waals surface area contributed by atoms with Crippen LogP contribution in [0.5, 0.6) is 0 Å². The molecule has 0 unspecified atom stereocenters. The molecule has 1 aromatic heterocycles. The molecule has 0 atom stereocenters. The van der Waals surface area contributed by atoms with Crippen LogP contribution in [0.4, 0.5) is 4.79 Å². The van der Waals surface area contributed by atoms with Gasteiger partial charge in [0.2, 0.25) is 0 Å². The molecule has 1 aliphatic rings. The summed E-state index contributed by atoms with van der Waals surface area (Å²) in [5.41, 5.74) is 0. The highest BCUT2D eigenvalue weighted by Gasteiger charge is 2.33. The highest BCUT2D eigenvalue weighted by atomic mass is 16.4. The maximum Gasteiger partial charge on any atom is 0.323 e. The van der Waals surface area contributed by atoms with Gasteiger partial charge in [0.05, 0.1) is 0 Å². The molecular formula is C11H16N4O3. The number of nitrogens with zero attached hydrogens (tertiary/aromatic N) is 2. The minimum atomic E-state index is -0.983. The average molecular weight is 252 g/mol. The smallest absolute Gasteiger partial charge is 0.323 e.